The molecule has 0 aromatic heterocycles. The van der Waals surface area contributed by atoms with E-state index in [9.17, 15) is 0 Å². The van der Waals surface area contributed by atoms with E-state index in [-0.39, 0.29) is 19.5 Å². The molecule has 0 aliphatic heterocycles. The van der Waals surface area contributed by atoms with E-state index in [1.165, 1.54) is 0 Å². The maximum atomic E-state index is 4.39. The summed E-state index contributed by atoms with van der Waals surface area (Å²) in [5, 5.41) is 8.77. The van der Waals surface area contributed by atoms with Crippen molar-refractivity contribution in [1.82, 2.24) is 0 Å². The topological polar surface area (TPSA) is 28.2 Å². The van der Waals surface area contributed by atoms with Gasteiger partial charge in [0, 0.05) is 19.5 Å². The van der Waals surface area contributed by atoms with Crippen molar-refractivity contribution in [2.45, 2.75) is 53.1 Å². The summed E-state index contributed by atoms with van der Waals surface area (Å²) in [6.07, 6.45) is 1.10. The first-order chi connectivity index (χ1) is 6.20. The summed E-state index contributed by atoms with van der Waals surface area (Å²) >= 11 is 0. The summed E-state index contributed by atoms with van der Waals surface area (Å²) in [6.45, 7) is 15.3. The second-order valence-electron chi connectivity index (χ2n) is 2.93. The summed E-state index contributed by atoms with van der Waals surface area (Å²) in [4.78, 5) is 0. The van der Waals surface area contributed by atoms with Crippen LogP contribution in [0.25, 0.3) is 10.6 Å². The molecule has 0 heterocycles. The van der Waals surface area contributed by atoms with Gasteiger partial charge in [-0.05, 0) is 0 Å². The van der Waals surface area contributed by atoms with Crippen LogP contribution in [0.5, 0.6) is 0 Å². The van der Waals surface area contributed by atoms with Crippen molar-refractivity contribution in [3.8, 4) is 0 Å². The molecule has 84 valence electrons. The van der Waals surface area contributed by atoms with E-state index < -0.39 is 0 Å². The third-order valence-electron chi connectivity index (χ3n) is 1.67. The molecular formula is C11H25N2Zn-3. The van der Waals surface area contributed by atoms with Crippen LogP contribution >= 0.6 is 0 Å². The maximum absolute atomic E-state index is 4.39. The Bertz CT molecular complexity index is 79.4. The van der Waals surface area contributed by atoms with Crippen LogP contribution in [0.1, 0.15) is 41.0 Å². The fraction of sp³-hybridized carbons (Fsp3) is 0.909. The second kappa shape index (κ2) is 16.0. The van der Waals surface area contributed by atoms with Gasteiger partial charge in [0.2, 0.25) is 0 Å². The Morgan fingerprint density at radius 3 is 1.43 bits per heavy atom. The summed E-state index contributed by atoms with van der Waals surface area (Å²) in [7, 11) is 0. The Hall–Kier alpha value is 0.543. The summed E-state index contributed by atoms with van der Waals surface area (Å²) in [6, 6.07) is 0.954. The van der Waals surface area contributed by atoms with Crippen LogP contribution in [0.4, 0.5) is 0 Å². The van der Waals surface area contributed by atoms with Gasteiger partial charge < -0.3 is 17.6 Å². The number of nitrogens with zero attached hydrogens (tertiary/aromatic N) is 2. The van der Waals surface area contributed by atoms with Gasteiger partial charge in [0.05, 0.1) is 0 Å². The van der Waals surface area contributed by atoms with E-state index in [0.717, 1.165) is 19.5 Å². The van der Waals surface area contributed by atoms with Crippen LogP contribution in [0.3, 0.4) is 0 Å². The van der Waals surface area contributed by atoms with Gasteiger partial charge in [0.25, 0.3) is 0 Å². The van der Waals surface area contributed by atoms with Gasteiger partial charge in [-0.15, -0.1) is 12.1 Å². The fourth-order valence-corrected chi connectivity index (χ4v) is 1.27. The predicted molar refractivity (Wildman–Crippen MR) is 62.4 cm³/mol. The fourth-order valence-electron chi connectivity index (χ4n) is 1.27. The predicted octanol–water partition coefficient (Wildman–Crippen LogP) is 3.78. The molecule has 0 saturated carbocycles. The molecule has 0 fully saturated rings. The molecule has 0 bridgehead atoms. The van der Waals surface area contributed by atoms with E-state index in [1.54, 1.807) is 6.92 Å². The minimum absolute atomic E-state index is 0. The summed E-state index contributed by atoms with van der Waals surface area (Å²) in [5.74, 6) is 0. The Balaban J connectivity index is -0.000000376. The molecule has 14 heavy (non-hydrogen) atoms. The van der Waals surface area contributed by atoms with Crippen LogP contribution in [-0.4, -0.2) is 25.2 Å². The molecule has 3 heteroatoms. The number of hydrogen-bond acceptors (Lipinski definition) is 0. The molecule has 0 rings (SSSR count). The van der Waals surface area contributed by atoms with Gasteiger partial charge in [0.15, 0.2) is 0 Å². The molecule has 0 amide bonds. The molecule has 0 aliphatic carbocycles. The van der Waals surface area contributed by atoms with E-state index in [2.05, 4.69) is 45.3 Å². The van der Waals surface area contributed by atoms with Crippen molar-refractivity contribution in [1.29, 1.82) is 0 Å². The van der Waals surface area contributed by atoms with Crippen LogP contribution in [-0.2, 0) is 19.5 Å². The molecule has 2 atom stereocenters. The monoisotopic (exact) mass is 249 g/mol. The zero-order valence-corrected chi connectivity index (χ0v) is 13.6. The largest absolute Gasteiger partial charge is 0.660 e. The minimum Gasteiger partial charge on any atom is -0.660 e. The molecular weight excluding hydrogens is 226 g/mol. The smallest absolute Gasteiger partial charge is 0 e. The Kier molecular flexibility index (Phi) is 22.9. The third-order valence-corrected chi connectivity index (χ3v) is 1.67. The van der Waals surface area contributed by atoms with Crippen molar-refractivity contribution in [2.75, 3.05) is 13.1 Å². The minimum atomic E-state index is 0. The molecule has 2 nitrogen and oxygen atoms in total. The molecule has 0 aromatic carbocycles. The molecule has 2 unspecified atom stereocenters. The van der Waals surface area contributed by atoms with Crippen molar-refractivity contribution < 1.29 is 19.5 Å². The van der Waals surface area contributed by atoms with Crippen LogP contribution < -0.4 is 0 Å². The molecule has 0 aliphatic rings. The van der Waals surface area contributed by atoms with Gasteiger partial charge in [-0.1, -0.05) is 34.1 Å². The van der Waals surface area contributed by atoms with E-state index in [1.807, 2.05) is 0 Å². The summed E-state index contributed by atoms with van der Waals surface area (Å²) in [5.41, 5.74) is 0. The van der Waals surface area contributed by atoms with Crippen LogP contribution in [0.2, 0.25) is 0 Å². The SMILES string of the molecule is CC[N-]C(C)CC(C)[N-]CC.[CH2-]C.[Zn]. The number of hydrogen-bond donors (Lipinski definition) is 0. The molecule has 0 radical (unpaired) electrons. The summed E-state index contributed by atoms with van der Waals surface area (Å²) < 4.78 is 0. The van der Waals surface area contributed by atoms with Gasteiger partial charge in [-0.2, -0.15) is 20.0 Å². The first-order valence-corrected chi connectivity index (χ1v) is 5.24. The standard InChI is InChI=1S/C9H20N2.C2H5.Zn/c1-5-10-8(3)7-9(4)11-6-2;1-2;/h8-9H,5-7H2,1-4H3;1H2,2H3;/q-2;-1;. The average molecular weight is 251 g/mol. The normalized spacial score (nSPS) is 13.3. The molecule has 0 spiro atoms. The average Bonchev–Trinajstić information content (AvgIpc) is 2.08. The Morgan fingerprint density at radius 2 is 1.21 bits per heavy atom. The van der Waals surface area contributed by atoms with E-state index in [0.29, 0.717) is 12.1 Å². The third kappa shape index (κ3) is 15.0. The first-order valence-electron chi connectivity index (χ1n) is 5.24. The number of rotatable bonds is 6. The zero-order chi connectivity index (χ0) is 10.7. The zero-order valence-electron chi connectivity index (χ0n) is 10.6. The van der Waals surface area contributed by atoms with Crippen molar-refractivity contribution in [2.24, 2.45) is 0 Å². The van der Waals surface area contributed by atoms with E-state index >= 15 is 0 Å². The van der Waals surface area contributed by atoms with Crippen molar-refractivity contribution >= 4 is 0 Å². The molecule has 0 N–H and O–H groups in total. The van der Waals surface area contributed by atoms with E-state index in [4.69, 9.17) is 0 Å². The van der Waals surface area contributed by atoms with Gasteiger partial charge >= 0.3 is 0 Å². The maximum Gasteiger partial charge on any atom is 0 e. The second-order valence-corrected chi connectivity index (χ2v) is 2.93. The van der Waals surface area contributed by atoms with Crippen molar-refractivity contribution in [3.63, 3.8) is 0 Å². The van der Waals surface area contributed by atoms with Crippen molar-refractivity contribution in [3.05, 3.63) is 17.6 Å². The first kappa shape index (κ1) is 20.0. The van der Waals surface area contributed by atoms with Crippen LogP contribution in [0.15, 0.2) is 0 Å². The Labute approximate surface area is 103 Å². The quantitative estimate of drug-likeness (QED) is 0.507. The van der Waals surface area contributed by atoms with Gasteiger partial charge in [0.1, 0.15) is 0 Å². The molecule has 0 saturated heterocycles. The molecule has 0 aromatic rings. The van der Waals surface area contributed by atoms with Crippen LogP contribution in [0, 0.1) is 6.92 Å². The van der Waals surface area contributed by atoms with Gasteiger partial charge in [-0.3, -0.25) is 0 Å². The van der Waals surface area contributed by atoms with Gasteiger partial charge in [-0.25, -0.2) is 0 Å². The Morgan fingerprint density at radius 1 is 0.929 bits per heavy atom.